The Morgan fingerprint density at radius 1 is 0.318 bits per heavy atom. The summed E-state index contributed by atoms with van der Waals surface area (Å²) in [6.07, 6.45) is 4.55. The molecule has 0 spiro atoms. The molecule has 3 aliphatic carbocycles. The Morgan fingerprint density at radius 2 is 0.727 bits per heavy atom. The summed E-state index contributed by atoms with van der Waals surface area (Å²) in [6.45, 7) is 4.91. The Labute approximate surface area is 384 Å². The minimum absolute atomic E-state index is 0.329. The van der Waals surface area contributed by atoms with Crippen molar-refractivity contribution in [3.8, 4) is 44.8 Å². The number of fused-ring (bicyclic) bond motifs is 9. The van der Waals surface area contributed by atoms with Gasteiger partial charge >= 0.3 is 0 Å². The lowest BCUT2D eigenvalue weighted by Crippen LogP contribution is -2.13. The average Bonchev–Trinajstić information content (AvgIpc) is 4.15. The van der Waals surface area contributed by atoms with E-state index in [2.05, 4.69) is 205 Å². The van der Waals surface area contributed by atoms with Crippen LogP contribution in [0.2, 0.25) is 0 Å². The summed E-state index contributed by atoms with van der Waals surface area (Å²) in [5.74, 6) is 0.659. The lowest BCUT2D eigenvalue weighted by molar-refractivity contribution is 0.617. The highest BCUT2D eigenvalue weighted by molar-refractivity contribution is 6.16. The van der Waals surface area contributed by atoms with E-state index in [1.165, 1.54) is 143 Å². The molecule has 3 aliphatic rings. The van der Waals surface area contributed by atoms with Crippen molar-refractivity contribution in [2.75, 3.05) is 0 Å². The van der Waals surface area contributed by atoms with E-state index in [1.54, 1.807) is 0 Å². The molecule has 0 fully saturated rings. The van der Waals surface area contributed by atoms with E-state index >= 15 is 0 Å². The highest BCUT2D eigenvalue weighted by Crippen LogP contribution is 2.52. The zero-order chi connectivity index (χ0) is 43.4. The number of rotatable bonds is 4. The molecule has 0 bridgehead atoms. The predicted octanol–water partition coefficient (Wildman–Crippen LogP) is 16.6. The number of aryl methyl sites for hydroxylation is 4. The van der Waals surface area contributed by atoms with Crippen LogP contribution in [0, 0.1) is 0 Å². The molecule has 2 heterocycles. The standard InChI is InChI=1S/C64H46N2/c1-37-38(2)52-34-58-56-32-44(48-28-24-42-22-20-40-12-10-18-50(48)64(40)42)26-30-60(56)66(46-15-7-4-8-16-46)62(58)36-54(52)53-35-61-57(33-51(37)53)55-31-43(25-29-59(55)65(61)45-13-5-3-6-14-45)47-27-23-41-21-19-39-11-9-17-49(47)63(39)41/h3-18,23-38H,19-22H2,1-2H3. The van der Waals surface area contributed by atoms with Gasteiger partial charge in [0.05, 0.1) is 22.1 Å². The molecule has 0 amide bonds. The molecule has 0 radical (unpaired) electrons. The highest BCUT2D eigenvalue weighted by atomic mass is 15.0. The fourth-order valence-corrected chi connectivity index (χ4v) is 13.0. The lowest BCUT2D eigenvalue weighted by Gasteiger charge is -2.32. The monoisotopic (exact) mass is 842 g/mol. The van der Waals surface area contributed by atoms with Crippen molar-refractivity contribution in [3.05, 3.63) is 215 Å². The summed E-state index contributed by atoms with van der Waals surface area (Å²) in [7, 11) is 0. The predicted molar refractivity (Wildman–Crippen MR) is 278 cm³/mol. The normalized spacial score (nSPS) is 16.1. The summed E-state index contributed by atoms with van der Waals surface area (Å²) in [6, 6.07) is 69.9. The van der Waals surface area contributed by atoms with Crippen LogP contribution in [0.25, 0.3) is 110 Å². The molecular weight excluding hydrogens is 797 g/mol. The highest BCUT2D eigenvalue weighted by Gasteiger charge is 2.32. The van der Waals surface area contributed by atoms with Gasteiger partial charge in [-0.1, -0.05) is 123 Å². The molecule has 0 saturated carbocycles. The second-order valence-electron chi connectivity index (χ2n) is 19.5. The molecule has 2 atom stereocenters. The van der Waals surface area contributed by atoms with Crippen molar-refractivity contribution in [2.45, 2.75) is 51.4 Å². The summed E-state index contributed by atoms with van der Waals surface area (Å²) >= 11 is 0. The van der Waals surface area contributed by atoms with Crippen molar-refractivity contribution in [2.24, 2.45) is 0 Å². The van der Waals surface area contributed by atoms with E-state index < -0.39 is 0 Å². The molecule has 0 aliphatic heterocycles. The second kappa shape index (κ2) is 13.4. The van der Waals surface area contributed by atoms with Crippen molar-refractivity contribution >= 4 is 65.2 Å². The Kier molecular flexibility index (Phi) is 7.46. The third-order valence-corrected chi connectivity index (χ3v) is 16.3. The van der Waals surface area contributed by atoms with E-state index in [9.17, 15) is 0 Å². The number of benzene rings is 10. The molecule has 2 nitrogen and oxygen atoms in total. The fraction of sp³-hybridized carbons (Fsp3) is 0.125. The van der Waals surface area contributed by atoms with Gasteiger partial charge in [0, 0.05) is 32.9 Å². The fourth-order valence-electron chi connectivity index (χ4n) is 13.0. The number of nitrogens with zero attached hydrogens (tertiary/aromatic N) is 2. The zero-order valence-corrected chi connectivity index (χ0v) is 37.2. The van der Waals surface area contributed by atoms with Crippen LogP contribution in [0.5, 0.6) is 0 Å². The number of hydrogen-bond donors (Lipinski definition) is 0. The third-order valence-electron chi connectivity index (χ3n) is 16.3. The van der Waals surface area contributed by atoms with Gasteiger partial charge in [-0.3, -0.25) is 0 Å². The van der Waals surface area contributed by atoms with Gasteiger partial charge in [0.25, 0.3) is 0 Å². The Balaban J connectivity index is 0.977. The first-order valence-corrected chi connectivity index (χ1v) is 24.0. The van der Waals surface area contributed by atoms with Gasteiger partial charge in [0.1, 0.15) is 0 Å². The summed E-state index contributed by atoms with van der Waals surface area (Å²) in [5, 5.41) is 10.9. The quantitative estimate of drug-likeness (QED) is 0.167. The molecule has 2 unspecified atom stereocenters. The van der Waals surface area contributed by atoms with Gasteiger partial charge < -0.3 is 9.13 Å². The van der Waals surface area contributed by atoms with E-state index in [0.717, 1.165) is 25.7 Å². The minimum atomic E-state index is 0.329. The lowest BCUT2D eigenvalue weighted by atomic mass is 9.72. The van der Waals surface area contributed by atoms with E-state index in [4.69, 9.17) is 0 Å². The van der Waals surface area contributed by atoms with Crippen LogP contribution in [-0.2, 0) is 25.7 Å². The van der Waals surface area contributed by atoms with Crippen molar-refractivity contribution in [1.82, 2.24) is 9.13 Å². The van der Waals surface area contributed by atoms with E-state index in [-0.39, 0.29) is 0 Å². The van der Waals surface area contributed by atoms with E-state index in [1.807, 2.05) is 0 Å². The average molecular weight is 843 g/mol. The largest absolute Gasteiger partial charge is 0.309 e. The van der Waals surface area contributed by atoms with Crippen LogP contribution in [0.15, 0.2) is 182 Å². The van der Waals surface area contributed by atoms with Crippen LogP contribution in [-0.4, -0.2) is 9.13 Å². The van der Waals surface area contributed by atoms with Crippen molar-refractivity contribution < 1.29 is 0 Å². The van der Waals surface area contributed by atoms with Gasteiger partial charge in [-0.25, -0.2) is 0 Å². The second-order valence-corrected chi connectivity index (χ2v) is 19.5. The molecule has 12 aromatic rings. The first kappa shape index (κ1) is 36.6. The van der Waals surface area contributed by atoms with Crippen LogP contribution < -0.4 is 0 Å². The number of aromatic nitrogens is 2. The molecule has 66 heavy (non-hydrogen) atoms. The van der Waals surface area contributed by atoms with Gasteiger partial charge in [-0.05, 0) is 199 Å². The molecule has 312 valence electrons. The van der Waals surface area contributed by atoms with Gasteiger partial charge in [0.15, 0.2) is 0 Å². The van der Waals surface area contributed by atoms with Crippen LogP contribution in [0.1, 0.15) is 59.1 Å². The van der Waals surface area contributed by atoms with Gasteiger partial charge in [-0.15, -0.1) is 0 Å². The molecule has 10 aromatic carbocycles. The molecule has 0 N–H and O–H groups in total. The SMILES string of the molecule is CC1c2cc3c4cc(-c5ccc6c7c(cccc57)CC6)ccc4n(-c4ccccc4)c3cc2-c2cc3c(cc2C1C)c1cc(-c2ccc4c5c(cccc25)CC4)ccc1n3-c1ccccc1. The first-order valence-electron chi connectivity index (χ1n) is 24.0. The zero-order valence-electron chi connectivity index (χ0n) is 37.2. The molecule has 2 heteroatoms. The Morgan fingerprint density at radius 3 is 1.17 bits per heavy atom. The molecule has 15 rings (SSSR count). The van der Waals surface area contributed by atoms with Gasteiger partial charge in [0.2, 0.25) is 0 Å². The molecular formula is C64H46N2. The van der Waals surface area contributed by atoms with Crippen LogP contribution in [0.3, 0.4) is 0 Å². The summed E-state index contributed by atoms with van der Waals surface area (Å²) in [4.78, 5) is 0. The maximum Gasteiger partial charge on any atom is 0.0547 e. The number of hydrogen-bond acceptors (Lipinski definition) is 0. The third kappa shape index (κ3) is 4.96. The summed E-state index contributed by atoms with van der Waals surface area (Å²) in [5.41, 5.74) is 24.1. The maximum absolute atomic E-state index is 2.56. The Hall–Kier alpha value is -7.68. The number of para-hydroxylation sites is 2. The summed E-state index contributed by atoms with van der Waals surface area (Å²) < 4.78 is 5.01. The smallest absolute Gasteiger partial charge is 0.0547 e. The minimum Gasteiger partial charge on any atom is -0.309 e. The van der Waals surface area contributed by atoms with Gasteiger partial charge in [-0.2, -0.15) is 0 Å². The first-order chi connectivity index (χ1) is 32.6. The Bertz CT molecular complexity index is 3780. The molecule has 0 saturated heterocycles. The van der Waals surface area contributed by atoms with Crippen LogP contribution in [0.4, 0.5) is 0 Å². The molecule has 2 aromatic heterocycles. The topological polar surface area (TPSA) is 9.86 Å². The van der Waals surface area contributed by atoms with Crippen LogP contribution >= 0.6 is 0 Å². The van der Waals surface area contributed by atoms with Crippen molar-refractivity contribution in [3.63, 3.8) is 0 Å². The maximum atomic E-state index is 2.56. The van der Waals surface area contributed by atoms with Crippen molar-refractivity contribution in [1.29, 1.82) is 0 Å². The van der Waals surface area contributed by atoms with E-state index in [0.29, 0.717) is 11.8 Å².